The molecule has 0 bridgehead atoms. The maximum absolute atomic E-state index is 12.6. The Kier molecular flexibility index (Phi) is 4.40. The predicted molar refractivity (Wildman–Crippen MR) is 127 cm³/mol. The summed E-state index contributed by atoms with van der Waals surface area (Å²) in [7, 11) is 2.23. The van der Waals surface area contributed by atoms with E-state index in [2.05, 4.69) is 43.9 Å². The van der Waals surface area contributed by atoms with Crippen LogP contribution < -0.4 is 10.5 Å². The van der Waals surface area contributed by atoms with Crippen LogP contribution in [0.4, 0.5) is 5.69 Å². The summed E-state index contributed by atoms with van der Waals surface area (Å²) in [5.74, 6) is 0.582. The van der Waals surface area contributed by atoms with Crippen LogP contribution in [0, 0.1) is 5.41 Å². The van der Waals surface area contributed by atoms with Crippen molar-refractivity contribution >= 4 is 16.7 Å². The highest BCUT2D eigenvalue weighted by Crippen LogP contribution is 2.41. The number of aromatic amines is 2. The molecule has 0 saturated carbocycles. The van der Waals surface area contributed by atoms with E-state index in [-0.39, 0.29) is 5.56 Å². The molecule has 3 aromatic heterocycles. The summed E-state index contributed by atoms with van der Waals surface area (Å²) in [5.41, 5.74) is 5.68. The third-order valence-electron chi connectivity index (χ3n) is 6.89. The van der Waals surface area contributed by atoms with Crippen molar-refractivity contribution in [3.63, 3.8) is 0 Å². The maximum Gasteiger partial charge on any atom is 0.259 e. The first-order valence-corrected chi connectivity index (χ1v) is 11.2. The van der Waals surface area contributed by atoms with Gasteiger partial charge < -0.3 is 19.8 Å². The summed E-state index contributed by atoms with van der Waals surface area (Å²) in [5, 5.41) is 0. The number of pyridine rings is 2. The van der Waals surface area contributed by atoms with Gasteiger partial charge in [-0.3, -0.25) is 9.78 Å². The lowest BCUT2D eigenvalue weighted by Gasteiger charge is -2.55. The molecule has 1 aromatic carbocycles. The van der Waals surface area contributed by atoms with Crippen molar-refractivity contribution in [2.24, 2.45) is 5.41 Å². The zero-order valence-corrected chi connectivity index (χ0v) is 18.1. The molecule has 2 N–H and O–H groups in total. The van der Waals surface area contributed by atoms with Gasteiger partial charge in [-0.05, 0) is 56.8 Å². The van der Waals surface area contributed by atoms with Crippen molar-refractivity contribution in [2.75, 3.05) is 38.1 Å². The standard InChI is InChI=1S/C25H26N6O/c1-30-9-3-7-25(14-30)15-31(16-25)19-5-6-21-22(11-19)29-23(28-21)20-10-18(13-27-24(20)32)17-4-2-8-26-12-17/h2,4-6,8,10-13H,3,7,9,14-16H2,1H3,(H,27,32)(H,28,29). The number of anilines is 1. The van der Waals surface area contributed by atoms with Crippen LogP contribution in [0.3, 0.4) is 0 Å². The molecule has 32 heavy (non-hydrogen) atoms. The van der Waals surface area contributed by atoms with Gasteiger partial charge in [0.25, 0.3) is 5.56 Å². The van der Waals surface area contributed by atoms with E-state index in [1.807, 2.05) is 24.3 Å². The van der Waals surface area contributed by atoms with E-state index >= 15 is 0 Å². The smallest absolute Gasteiger partial charge is 0.259 e. The fourth-order valence-electron chi connectivity index (χ4n) is 5.34. The lowest BCUT2D eigenvalue weighted by molar-refractivity contribution is 0.0784. The summed E-state index contributed by atoms with van der Waals surface area (Å²) in [6.45, 7) is 4.62. The average molecular weight is 427 g/mol. The Morgan fingerprint density at radius 3 is 2.81 bits per heavy atom. The minimum Gasteiger partial charge on any atom is -0.370 e. The van der Waals surface area contributed by atoms with Crippen molar-refractivity contribution in [1.29, 1.82) is 0 Å². The van der Waals surface area contributed by atoms with Crippen LogP contribution in [0.25, 0.3) is 33.5 Å². The number of imidazole rings is 1. The predicted octanol–water partition coefficient (Wildman–Crippen LogP) is 3.51. The van der Waals surface area contributed by atoms with Crippen molar-refractivity contribution < 1.29 is 0 Å². The highest BCUT2D eigenvalue weighted by Gasteiger charge is 2.44. The third kappa shape index (κ3) is 3.29. The zero-order valence-electron chi connectivity index (χ0n) is 18.1. The molecule has 0 amide bonds. The number of piperidine rings is 1. The second-order valence-electron chi connectivity index (χ2n) is 9.36. The van der Waals surface area contributed by atoms with Gasteiger partial charge in [-0.15, -0.1) is 0 Å². The highest BCUT2D eigenvalue weighted by atomic mass is 16.1. The molecule has 0 unspecified atom stereocenters. The molecule has 7 nitrogen and oxygen atoms in total. The lowest BCUT2D eigenvalue weighted by Crippen LogP contribution is -2.62. The number of benzene rings is 1. The number of likely N-dealkylation sites (tertiary alicyclic amines) is 1. The molecule has 1 spiro atoms. The zero-order chi connectivity index (χ0) is 21.7. The molecule has 2 aliphatic rings. The molecule has 0 radical (unpaired) electrons. The molecule has 0 aliphatic carbocycles. The highest BCUT2D eigenvalue weighted by molar-refractivity contribution is 5.83. The van der Waals surface area contributed by atoms with Gasteiger partial charge in [0.05, 0.1) is 16.6 Å². The summed E-state index contributed by atoms with van der Waals surface area (Å²) in [6.07, 6.45) is 7.85. The van der Waals surface area contributed by atoms with E-state index < -0.39 is 0 Å². The molecule has 162 valence electrons. The van der Waals surface area contributed by atoms with Crippen molar-refractivity contribution in [3.05, 3.63) is 65.3 Å². The van der Waals surface area contributed by atoms with Gasteiger partial charge in [0.2, 0.25) is 0 Å². The first kappa shape index (κ1) is 19.3. The van der Waals surface area contributed by atoms with Gasteiger partial charge in [-0.25, -0.2) is 4.98 Å². The Morgan fingerprint density at radius 1 is 1.09 bits per heavy atom. The second-order valence-corrected chi connectivity index (χ2v) is 9.36. The van der Waals surface area contributed by atoms with Gasteiger partial charge in [0.1, 0.15) is 5.82 Å². The SMILES string of the molecule is CN1CCCC2(C1)CN(c1ccc3nc(-c4cc(-c5cccnc5)c[nH]c4=O)[nH]c3c1)C2. The fourth-order valence-corrected chi connectivity index (χ4v) is 5.34. The summed E-state index contributed by atoms with van der Waals surface area (Å²) < 4.78 is 0. The molecule has 0 atom stereocenters. The molecule has 2 aliphatic heterocycles. The number of fused-ring (bicyclic) bond motifs is 1. The third-order valence-corrected chi connectivity index (χ3v) is 6.89. The van der Waals surface area contributed by atoms with Gasteiger partial charge in [0, 0.05) is 60.5 Å². The monoisotopic (exact) mass is 426 g/mol. The van der Waals surface area contributed by atoms with E-state index in [1.54, 1.807) is 18.6 Å². The molecule has 7 heteroatoms. The fraction of sp³-hybridized carbons (Fsp3) is 0.320. The van der Waals surface area contributed by atoms with Crippen LogP contribution in [0.5, 0.6) is 0 Å². The Labute approximate surface area is 186 Å². The Balaban J connectivity index is 1.29. The van der Waals surface area contributed by atoms with Crippen LogP contribution in [-0.2, 0) is 0 Å². The van der Waals surface area contributed by atoms with Crippen LogP contribution >= 0.6 is 0 Å². The normalized spacial score (nSPS) is 18.2. The van der Waals surface area contributed by atoms with Crippen LogP contribution in [-0.4, -0.2) is 58.1 Å². The number of hydrogen-bond acceptors (Lipinski definition) is 5. The summed E-state index contributed by atoms with van der Waals surface area (Å²) in [6, 6.07) is 12.1. The quantitative estimate of drug-likeness (QED) is 0.524. The van der Waals surface area contributed by atoms with Crippen molar-refractivity contribution in [2.45, 2.75) is 12.8 Å². The first-order chi connectivity index (χ1) is 15.6. The van der Waals surface area contributed by atoms with Crippen molar-refractivity contribution in [1.82, 2.24) is 24.8 Å². The second kappa shape index (κ2) is 7.31. The molecular formula is C25H26N6O. The van der Waals surface area contributed by atoms with Crippen LogP contribution in [0.1, 0.15) is 12.8 Å². The number of nitrogens with zero attached hydrogens (tertiary/aromatic N) is 4. The van der Waals surface area contributed by atoms with E-state index in [0.29, 0.717) is 16.8 Å². The number of nitrogens with one attached hydrogen (secondary N) is 2. The number of H-pyrrole nitrogens is 2. The van der Waals surface area contributed by atoms with E-state index in [1.165, 1.54) is 31.6 Å². The van der Waals surface area contributed by atoms with Gasteiger partial charge in [0.15, 0.2) is 0 Å². The van der Waals surface area contributed by atoms with Crippen molar-refractivity contribution in [3.8, 4) is 22.5 Å². The first-order valence-electron chi connectivity index (χ1n) is 11.2. The minimum atomic E-state index is -0.164. The van der Waals surface area contributed by atoms with Crippen LogP contribution in [0.15, 0.2) is 59.8 Å². The molecule has 2 saturated heterocycles. The molecule has 4 aromatic rings. The number of aromatic nitrogens is 4. The average Bonchev–Trinajstić information content (AvgIpc) is 3.21. The molecule has 6 rings (SSSR count). The Bertz CT molecular complexity index is 1340. The van der Waals surface area contributed by atoms with Gasteiger partial charge >= 0.3 is 0 Å². The van der Waals surface area contributed by atoms with Gasteiger partial charge in [-0.1, -0.05) is 6.07 Å². The number of rotatable bonds is 3. The molecular weight excluding hydrogens is 400 g/mol. The Morgan fingerprint density at radius 2 is 2.00 bits per heavy atom. The van der Waals surface area contributed by atoms with Gasteiger partial charge in [-0.2, -0.15) is 0 Å². The van der Waals surface area contributed by atoms with E-state index in [4.69, 9.17) is 4.98 Å². The maximum atomic E-state index is 12.6. The number of hydrogen-bond donors (Lipinski definition) is 2. The Hall–Kier alpha value is -3.45. The van der Waals surface area contributed by atoms with E-state index in [0.717, 1.165) is 35.2 Å². The summed E-state index contributed by atoms with van der Waals surface area (Å²) in [4.78, 5) is 32.6. The lowest BCUT2D eigenvalue weighted by atomic mass is 9.73. The molecule has 2 fully saturated rings. The summed E-state index contributed by atoms with van der Waals surface area (Å²) >= 11 is 0. The topological polar surface area (TPSA) is 80.9 Å². The minimum absolute atomic E-state index is 0.164. The largest absolute Gasteiger partial charge is 0.370 e. The van der Waals surface area contributed by atoms with E-state index in [9.17, 15) is 4.79 Å². The van der Waals surface area contributed by atoms with Crippen LogP contribution in [0.2, 0.25) is 0 Å². The molecule has 5 heterocycles.